The van der Waals surface area contributed by atoms with E-state index < -0.39 is 0 Å². The third kappa shape index (κ3) is 4.06. The average Bonchev–Trinajstić information content (AvgIpc) is 2.44. The number of benzene rings is 1. The fourth-order valence-electron chi connectivity index (χ4n) is 2.26. The van der Waals surface area contributed by atoms with Gasteiger partial charge in [0.2, 0.25) is 0 Å². The molecule has 0 saturated carbocycles. The summed E-state index contributed by atoms with van der Waals surface area (Å²) in [6, 6.07) is 4.49. The lowest BCUT2D eigenvalue weighted by molar-refractivity contribution is 0.139. The van der Waals surface area contributed by atoms with Crippen LogP contribution in [0.5, 0.6) is 0 Å². The Kier molecular flexibility index (Phi) is 5.17. The maximum atomic E-state index is 13.0. The third-order valence-corrected chi connectivity index (χ3v) is 3.74. The van der Waals surface area contributed by atoms with Gasteiger partial charge in [-0.1, -0.05) is 22.8 Å². The van der Waals surface area contributed by atoms with Crippen molar-refractivity contribution in [2.24, 2.45) is 10.9 Å². The number of rotatable bonds is 4. The Hall–Kier alpha value is -1.37. The molecule has 1 fully saturated rings. The van der Waals surface area contributed by atoms with Gasteiger partial charge < -0.3 is 10.9 Å². The van der Waals surface area contributed by atoms with Crippen molar-refractivity contribution in [3.8, 4) is 0 Å². The first kappa shape index (κ1) is 15.0. The van der Waals surface area contributed by atoms with Crippen LogP contribution in [0.3, 0.4) is 0 Å². The maximum Gasteiger partial charge on any atom is 0.153 e. The second-order valence-corrected chi connectivity index (χ2v) is 5.29. The molecule has 0 spiro atoms. The minimum atomic E-state index is -0.317. The van der Waals surface area contributed by atoms with Crippen molar-refractivity contribution in [3.63, 3.8) is 0 Å². The summed E-state index contributed by atoms with van der Waals surface area (Å²) in [6.07, 6.45) is 0. The topological polar surface area (TPSA) is 65.1 Å². The smallest absolute Gasteiger partial charge is 0.153 e. The first-order valence-corrected chi connectivity index (χ1v) is 6.81. The Bertz CT molecular complexity index is 489. The van der Waals surface area contributed by atoms with Crippen molar-refractivity contribution in [1.82, 2.24) is 9.80 Å². The molecule has 7 heteroatoms. The molecular formula is C13H18ClFN4O. The van der Waals surface area contributed by atoms with Crippen LogP contribution in [0.25, 0.3) is 0 Å². The van der Waals surface area contributed by atoms with E-state index in [2.05, 4.69) is 15.0 Å². The summed E-state index contributed by atoms with van der Waals surface area (Å²) in [7, 11) is 0. The monoisotopic (exact) mass is 300 g/mol. The van der Waals surface area contributed by atoms with Crippen molar-refractivity contribution < 1.29 is 9.60 Å². The predicted octanol–water partition coefficient (Wildman–Crippen LogP) is 1.34. The number of hydrogen-bond acceptors (Lipinski definition) is 4. The summed E-state index contributed by atoms with van der Waals surface area (Å²) in [4.78, 5) is 4.37. The van der Waals surface area contributed by atoms with Gasteiger partial charge in [-0.3, -0.25) is 9.80 Å². The molecule has 1 saturated heterocycles. The Morgan fingerprint density at radius 3 is 2.55 bits per heavy atom. The molecule has 1 aliphatic rings. The van der Waals surface area contributed by atoms with E-state index in [1.54, 1.807) is 6.07 Å². The highest BCUT2D eigenvalue weighted by molar-refractivity contribution is 6.31. The summed E-state index contributed by atoms with van der Waals surface area (Å²) in [5, 5.41) is 12.0. The van der Waals surface area contributed by atoms with Crippen molar-refractivity contribution >= 4 is 17.4 Å². The molecule has 1 aromatic carbocycles. The number of nitrogens with two attached hydrogens (primary N) is 1. The molecule has 110 valence electrons. The molecule has 0 unspecified atom stereocenters. The molecule has 1 aliphatic heterocycles. The van der Waals surface area contributed by atoms with Crippen LogP contribution in [0.15, 0.2) is 23.4 Å². The van der Waals surface area contributed by atoms with Crippen LogP contribution in [0.4, 0.5) is 4.39 Å². The molecule has 0 amide bonds. The quantitative estimate of drug-likeness (QED) is 0.381. The first-order chi connectivity index (χ1) is 9.58. The Labute approximate surface area is 122 Å². The average molecular weight is 301 g/mol. The lowest BCUT2D eigenvalue weighted by Gasteiger charge is -2.34. The molecule has 1 heterocycles. The Balaban J connectivity index is 1.85. The SMILES string of the molecule is NC(CN1CCN(Cc2ccc(F)cc2Cl)CC1)=NO. The zero-order chi connectivity index (χ0) is 14.5. The largest absolute Gasteiger partial charge is 0.409 e. The van der Waals surface area contributed by atoms with Gasteiger partial charge >= 0.3 is 0 Å². The molecule has 0 aromatic heterocycles. The van der Waals surface area contributed by atoms with Crippen molar-refractivity contribution in [2.75, 3.05) is 32.7 Å². The van der Waals surface area contributed by atoms with Crippen molar-refractivity contribution in [2.45, 2.75) is 6.54 Å². The minimum Gasteiger partial charge on any atom is -0.409 e. The van der Waals surface area contributed by atoms with Gasteiger partial charge in [0.05, 0.1) is 6.54 Å². The molecule has 0 radical (unpaired) electrons. The lowest BCUT2D eigenvalue weighted by Crippen LogP contribution is -2.48. The predicted molar refractivity (Wildman–Crippen MR) is 76.5 cm³/mol. The molecule has 0 aliphatic carbocycles. The zero-order valence-corrected chi connectivity index (χ0v) is 11.9. The number of halogens is 2. The zero-order valence-electron chi connectivity index (χ0n) is 11.1. The highest BCUT2D eigenvalue weighted by atomic mass is 35.5. The molecule has 0 bridgehead atoms. The van der Waals surface area contributed by atoms with Gasteiger partial charge in [-0.25, -0.2) is 4.39 Å². The summed E-state index contributed by atoms with van der Waals surface area (Å²) in [5.41, 5.74) is 6.42. The number of amidine groups is 1. The van der Waals surface area contributed by atoms with Gasteiger partial charge in [-0.15, -0.1) is 0 Å². The third-order valence-electron chi connectivity index (χ3n) is 3.39. The summed E-state index contributed by atoms with van der Waals surface area (Å²) < 4.78 is 13.0. The highest BCUT2D eigenvalue weighted by Crippen LogP contribution is 2.19. The number of hydrogen-bond donors (Lipinski definition) is 2. The van der Waals surface area contributed by atoms with Crippen LogP contribution in [-0.2, 0) is 6.54 Å². The van der Waals surface area contributed by atoms with Crippen molar-refractivity contribution in [3.05, 3.63) is 34.6 Å². The van der Waals surface area contributed by atoms with Crippen LogP contribution in [-0.4, -0.2) is 53.6 Å². The van der Waals surface area contributed by atoms with E-state index in [1.807, 2.05) is 0 Å². The molecule has 20 heavy (non-hydrogen) atoms. The second-order valence-electron chi connectivity index (χ2n) is 4.88. The van der Waals surface area contributed by atoms with Crippen LogP contribution in [0, 0.1) is 5.82 Å². The molecular weight excluding hydrogens is 283 g/mol. The van der Waals surface area contributed by atoms with Crippen LogP contribution in [0.1, 0.15) is 5.56 Å². The number of nitrogens with zero attached hydrogens (tertiary/aromatic N) is 3. The van der Waals surface area contributed by atoms with E-state index in [0.29, 0.717) is 18.1 Å². The normalized spacial score (nSPS) is 18.4. The molecule has 1 aromatic rings. The van der Waals surface area contributed by atoms with E-state index in [1.165, 1.54) is 12.1 Å². The molecule has 0 atom stereocenters. The Morgan fingerprint density at radius 2 is 1.95 bits per heavy atom. The minimum absolute atomic E-state index is 0.222. The standard InChI is InChI=1S/C13H18ClFN4O/c14-12-7-11(15)2-1-10(12)8-18-3-5-19(6-4-18)9-13(16)17-20/h1-2,7,20H,3-6,8-9H2,(H2,16,17). The van der Waals surface area contributed by atoms with Gasteiger partial charge in [0.15, 0.2) is 5.84 Å². The van der Waals surface area contributed by atoms with E-state index in [9.17, 15) is 4.39 Å². The second kappa shape index (κ2) is 6.88. The van der Waals surface area contributed by atoms with Gasteiger partial charge in [0, 0.05) is 37.7 Å². The van der Waals surface area contributed by atoms with E-state index >= 15 is 0 Å². The summed E-state index contributed by atoms with van der Waals surface area (Å²) in [5.74, 6) is -0.0950. The lowest BCUT2D eigenvalue weighted by atomic mass is 10.2. The van der Waals surface area contributed by atoms with E-state index in [0.717, 1.165) is 31.7 Å². The highest BCUT2D eigenvalue weighted by Gasteiger charge is 2.18. The maximum absolute atomic E-state index is 13.0. The first-order valence-electron chi connectivity index (χ1n) is 6.43. The number of oxime groups is 1. The van der Waals surface area contributed by atoms with Gasteiger partial charge in [0.1, 0.15) is 5.82 Å². The van der Waals surface area contributed by atoms with E-state index in [4.69, 9.17) is 22.5 Å². The van der Waals surface area contributed by atoms with Crippen molar-refractivity contribution in [1.29, 1.82) is 0 Å². The fourth-order valence-corrected chi connectivity index (χ4v) is 2.48. The van der Waals surface area contributed by atoms with Crippen LogP contribution in [0.2, 0.25) is 5.02 Å². The summed E-state index contributed by atoms with van der Waals surface area (Å²) in [6.45, 7) is 4.60. The van der Waals surface area contributed by atoms with Gasteiger partial charge in [-0.05, 0) is 17.7 Å². The van der Waals surface area contributed by atoms with Crippen LogP contribution < -0.4 is 5.73 Å². The number of piperazine rings is 1. The van der Waals surface area contributed by atoms with Gasteiger partial charge in [-0.2, -0.15) is 0 Å². The van der Waals surface area contributed by atoms with Crippen LogP contribution >= 0.6 is 11.6 Å². The summed E-state index contributed by atoms with van der Waals surface area (Å²) >= 11 is 6.03. The van der Waals surface area contributed by atoms with Gasteiger partial charge in [0.25, 0.3) is 0 Å². The molecule has 3 N–H and O–H groups in total. The van der Waals surface area contributed by atoms with E-state index in [-0.39, 0.29) is 11.7 Å². The Morgan fingerprint density at radius 1 is 1.30 bits per heavy atom. The fraction of sp³-hybridized carbons (Fsp3) is 0.462. The molecule has 2 rings (SSSR count). The molecule has 5 nitrogen and oxygen atoms in total.